The Morgan fingerprint density at radius 3 is 2.47 bits per heavy atom. The van der Waals surface area contributed by atoms with Gasteiger partial charge in [-0.25, -0.2) is 9.78 Å². The van der Waals surface area contributed by atoms with Gasteiger partial charge in [0.2, 0.25) is 5.82 Å². The summed E-state index contributed by atoms with van der Waals surface area (Å²) in [7, 11) is 0. The molecule has 0 amide bonds. The zero-order chi connectivity index (χ0) is 14.0. The van der Waals surface area contributed by atoms with Gasteiger partial charge in [0.15, 0.2) is 0 Å². The van der Waals surface area contributed by atoms with Crippen LogP contribution in [0, 0.1) is 10.1 Å². The molecule has 0 fully saturated rings. The maximum absolute atomic E-state index is 12.4. The molecule has 1 heterocycles. The largest absolute Gasteiger partial charge is 0.358 e. The van der Waals surface area contributed by atoms with Gasteiger partial charge in [-0.05, 0) is 17.1 Å². The van der Waals surface area contributed by atoms with Gasteiger partial charge in [-0.15, -0.1) is 4.57 Å². The standard InChI is InChI=1S/C13H13N3O3/c1-9(2)12-14-8-11(16(18)19)15(12)13(17)10-6-4-3-5-7-10/h3-9H,1-2H3. The maximum Gasteiger partial charge on any atom is 0.350 e. The van der Waals surface area contributed by atoms with Gasteiger partial charge in [-0.1, -0.05) is 32.0 Å². The molecule has 1 aromatic carbocycles. The molecule has 6 nitrogen and oxygen atoms in total. The molecular weight excluding hydrogens is 246 g/mol. The Labute approximate surface area is 109 Å². The van der Waals surface area contributed by atoms with Crippen LogP contribution in [0.3, 0.4) is 0 Å². The molecule has 98 valence electrons. The molecule has 0 unspecified atom stereocenters. The first kappa shape index (κ1) is 12.9. The summed E-state index contributed by atoms with van der Waals surface area (Å²) in [5.41, 5.74) is 0.394. The van der Waals surface area contributed by atoms with Gasteiger partial charge in [0.05, 0.1) is 5.56 Å². The highest BCUT2D eigenvalue weighted by Crippen LogP contribution is 2.22. The Morgan fingerprint density at radius 1 is 1.32 bits per heavy atom. The number of nitro groups is 1. The maximum atomic E-state index is 12.4. The zero-order valence-corrected chi connectivity index (χ0v) is 10.6. The molecule has 19 heavy (non-hydrogen) atoms. The van der Waals surface area contributed by atoms with E-state index in [4.69, 9.17) is 0 Å². The van der Waals surface area contributed by atoms with Crippen LogP contribution in [0.2, 0.25) is 0 Å². The Kier molecular flexibility index (Phi) is 3.41. The predicted octanol–water partition coefficient (Wildman–Crippen LogP) is 2.60. The second kappa shape index (κ2) is 5.01. The van der Waals surface area contributed by atoms with Crippen molar-refractivity contribution in [1.82, 2.24) is 9.55 Å². The highest BCUT2D eigenvalue weighted by Gasteiger charge is 2.29. The lowest BCUT2D eigenvalue weighted by atomic mass is 10.2. The molecule has 0 saturated carbocycles. The number of carbonyl (C=O) groups is 1. The van der Waals surface area contributed by atoms with Crippen LogP contribution in [0.4, 0.5) is 5.82 Å². The van der Waals surface area contributed by atoms with E-state index in [0.717, 1.165) is 10.8 Å². The molecule has 1 aromatic heterocycles. The van der Waals surface area contributed by atoms with Gasteiger partial charge >= 0.3 is 11.7 Å². The number of rotatable bonds is 3. The molecule has 0 aliphatic rings. The van der Waals surface area contributed by atoms with Gasteiger partial charge in [-0.3, -0.25) is 0 Å². The third-order valence-corrected chi connectivity index (χ3v) is 2.70. The van der Waals surface area contributed by atoms with E-state index in [-0.39, 0.29) is 11.7 Å². The van der Waals surface area contributed by atoms with E-state index >= 15 is 0 Å². The number of hydrogen-bond donors (Lipinski definition) is 0. The summed E-state index contributed by atoms with van der Waals surface area (Å²) in [6.45, 7) is 3.67. The Hall–Kier alpha value is -2.50. The molecule has 0 aliphatic carbocycles. The lowest BCUT2D eigenvalue weighted by Gasteiger charge is -2.05. The predicted molar refractivity (Wildman–Crippen MR) is 69.1 cm³/mol. The average molecular weight is 259 g/mol. The van der Waals surface area contributed by atoms with Gasteiger partial charge in [-0.2, -0.15) is 0 Å². The molecule has 2 rings (SSSR count). The fourth-order valence-corrected chi connectivity index (χ4v) is 1.81. The third-order valence-electron chi connectivity index (χ3n) is 2.70. The first-order valence-electron chi connectivity index (χ1n) is 5.84. The number of imidazole rings is 1. The Morgan fingerprint density at radius 2 is 1.95 bits per heavy atom. The van der Waals surface area contributed by atoms with E-state index in [0.29, 0.717) is 11.4 Å². The molecule has 0 spiro atoms. The van der Waals surface area contributed by atoms with E-state index in [2.05, 4.69) is 4.98 Å². The molecule has 2 aromatic rings. The quantitative estimate of drug-likeness (QED) is 0.627. The normalized spacial score (nSPS) is 10.7. The van der Waals surface area contributed by atoms with Gasteiger partial charge < -0.3 is 10.1 Å². The van der Waals surface area contributed by atoms with Gasteiger partial charge in [0.1, 0.15) is 6.20 Å². The minimum absolute atomic E-state index is 0.0821. The van der Waals surface area contributed by atoms with Gasteiger partial charge in [0, 0.05) is 5.92 Å². The summed E-state index contributed by atoms with van der Waals surface area (Å²) in [4.78, 5) is 26.7. The van der Waals surface area contributed by atoms with Gasteiger partial charge in [0.25, 0.3) is 0 Å². The van der Waals surface area contributed by atoms with Crippen LogP contribution in [0.5, 0.6) is 0 Å². The van der Waals surface area contributed by atoms with Crippen LogP contribution in [0.1, 0.15) is 35.9 Å². The van der Waals surface area contributed by atoms with Crippen LogP contribution in [-0.4, -0.2) is 20.4 Å². The van der Waals surface area contributed by atoms with Crippen molar-refractivity contribution in [2.24, 2.45) is 0 Å². The second-order valence-corrected chi connectivity index (χ2v) is 4.39. The van der Waals surface area contributed by atoms with Crippen LogP contribution < -0.4 is 0 Å². The van der Waals surface area contributed by atoms with E-state index in [9.17, 15) is 14.9 Å². The first-order chi connectivity index (χ1) is 9.02. The number of benzene rings is 1. The summed E-state index contributed by atoms with van der Waals surface area (Å²) in [6, 6.07) is 8.45. The molecule has 0 bridgehead atoms. The highest BCUT2D eigenvalue weighted by atomic mass is 16.6. The Bertz CT molecular complexity index is 617. The summed E-state index contributed by atoms with van der Waals surface area (Å²) in [6.07, 6.45) is 1.12. The molecular formula is C13H13N3O3. The van der Waals surface area contributed by atoms with E-state index in [1.54, 1.807) is 30.3 Å². The SMILES string of the molecule is CC(C)c1ncc([N+](=O)[O-])n1C(=O)c1ccccc1. The van der Waals surface area contributed by atoms with Crippen LogP contribution in [-0.2, 0) is 0 Å². The smallest absolute Gasteiger partial charge is 0.350 e. The number of aromatic nitrogens is 2. The highest BCUT2D eigenvalue weighted by molar-refractivity contribution is 5.97. The van der Waals surface area contributed by atoms with Crippen LogP contribution >= 0.6 is 0 Å². The van der Waals surface area contributed by atoms with Crippen molar-refractivity contribution in [3.05, 3.63) is 58.0 Å². The first-order valence-corrected chi connectivity index (χ1v) is 5.84. The lowest BCUT2D eigenvalue weighted by Crippen LogP contribution is -2.18. The number of nitrogens with zero attached hydrogens (tertiary/aromatic N) is 3. The number of carbonyl (C=O) groups excluding carboxylic acids is 1. The van der Waals surface area contributed by atoms with Crippen molar-refractivity contribution >= 4 is 11.7 Å². The number of hydrogen-bond acceptors (Lipinski definition) is 4. The van der Waals surface area contributed by atoms with Crippen molar-refractivity contribution in [3.8, 4) is 0 Å². The van der Waals surface area contributed by atoms with Crippen molar-refractivity contribution < 1.29 is 9.72 Å². The molecule has 0 atom stereocenters. The van der Waals surface area contributed by atoms with E-state index in [1.807, 2.05) is 13.8 Å². The summed E-state index contributed by atoms with van der Waals surface area (Å²) >= 11 is 0. The second-order valence-electron chi connectivity index (χ2n) is 4.39. The minimum Gasteiger partial charge on any atom is -0.358 e. The summed E-state index contributed by atoms with van der Waals surface area (Å²) < 4.78 is 1.07. The lowest BCUT2D eigenvalue weighted by molar-refractivity contribution is -0.390. The zero-order valence-electron chi connectivity index (χ0n) is 10.6. The monoisotopic (exact) mass is 259 g/mol. The van der Waals surface area contributed by atoms with Crippen LogP contribution in [0.25, 0.3) is 0 Å². The molecule has 0 saturated heterocycles. The van der Waals surface area contributed by atoms with Crippen molar-refractivity contribution in [1.29, 1.82) is 0 Å². The fraction of sp³-hybridized carbons (Fsp3) is 0.231. The molecule has 0 radical (unpaired) electrons. The molecule has 0 aliphatic heterocycles. The van der Waals surface area contributed by atoms with E-state index < -0.39 is 10.8 Å². The Balaban J connectivity index is 2.57. The summed E-state index contributed by atoms with van der Waals surface area (Å²) in [5, 5.41) is 11.0. The third kappa shape index (κ3) is 2.37. The average Bonchev–Trinajstić information content (AvgIpc) is 2.83. The minimum atomic E-state index is -0.598. The van der Waals surface area contributed by atoms with Crippen molar-refractivity contribution in [3.63, 3.8) is 0 Å². The topological polar surface area (TPSA) is 78.0 Å². The summed E-state index contributed by atoms with van der Waals surface area (Å²) in [5.74, 6) is -0.437. The molecule has 6 heteroatoms. The van der Waals surface area contributed by atoms with Crippen LogP contribution in [0.15, 0.2) is 36.5 Å². The fourth-order valence-electron chi connectivity index (χ4n) is 1.81. The molecule has 0 N–H and O–H groups in total. The van der Waals surface area contributed by atoms with Crippen molar-refractivity contribution in [2.45, 2.75) is 19.8 Å². The van der Waals surface area contributed by atoms with E-state index in [1.165, 1.54) is 0 Å². The van der Waals surface area contributed by atoms with Crippen molar-refractivity contribution in [2.75, 3.05) is 0 Å².